The number of fused-ring (bicyclic) bond motifs is 1. The normalized spacial score (nSPS) is 12.6. The summed E-state index contributed by atoms with van der Waals surface area (Å²) in [5.41, 5.74) is 0.711. The Kier molecular flexibility index (Phi) is 5.54. The lowest BCUT2D eigenvalue weighted by molar-refractivity contribution is -0.143. The molecule has 0 N–H and O–H groups in total. The van der Waals surface area contributed by atoms with Gasteiger partial charge in [-0.2, -0.15) is 0 Å². The van der Waals surface area contributed by atoms with E-state index < -0.39 is 11.7 Å². The number of carbonyl (C=O) groups excluding carboxylic acids is 1. The van der Waals surface area contributed by atoms with E-state index in [0.29, 0.717) is 17.9 Å². The first-order valence-electron chi connectivity index (χ1n) is 9.30. The largest absolute Gasteiger partial charge is 0.481 e. The van der Waals surface area contributed by atoms with E-state index in [1.807, 2.05) is 56.0 Å². The summed E-state index contributed by atoms with van der Waals surface area (Å²) in [6, 6.07) is 18.2. The molecule has 1 aromatic heterocycles. The van der Waals surface area contributed by atoms with Crippen LogP contribution in [0, 0.1) is 0 Å². The Morgan fingerprint density at radius 2 is 1.75 bits per heavy atom. The van der Waals surface area contributed by atoms with Crippen molar-refractivity contribution in [1.29, 1.82) is 0 Å². The van der Waals surface area contributed by atoms with Crippen molar-refractivity contribution in [3.05, 3.63) is 76.6 Å². The number of nitrogens with zero attached hydrogens (tertiary/aromatic N) is 1. The van der Waals surface area contributed by atoms with Gasteiger partial charge < -0.3 is 14.1 Å². The maximum absolute atomic E-state index is 13.1. The molecule has 28 heavy (non-hydrogen) atoms. The molecule has 0 bridgehead atoms. The van der Waals surface area contributed by atoms with Crippen molar-refractivity contribution in [3.8, 4) is 5.75 Å². The molecule has 5 heteroatoms. The molecule has 0 radical (unpaired) electrons. The van der Waals surface area contributed by atoms with Gasteiger partial charge in [-0.3, -0.25) is 4.79 Å². The van der Waals surface area contributed by atoms with Gasteiger partial charge >= 0.3 is 5.63 Å². The molecule has 0 spiro atoms. The van der Waals surface area contributed by atoms with Gasteiger partial charge in [-0.25, -0.2) is 4.79 Å². The summed E-state index contributed by atoms with van der Waals surface area (Å²) < 4.78 is 11.1. The predicted molar refractivity (Wildman–Crippen MR) is 109 cm³/mol. The van der Waals surface area contributed by atoms with Crippen LogP contribution in [-0.2, 0) is 11.3 Å². The molecule has 0 aliphatic rings. The summed E-state index contributed by atoms with van der Waals surface area (Å²) in [4.78, 5) is 26.4. The van der Waals surface area contributed by atoms with Crippen LogP contribution in [-0.4, -0.2) is 22.4 Å². The highest BCUT2D eigenvalue weighted by Crippen LogP contribution is 2.23. The third-order valence-corrected chi connectivity index (χ3v) is 4.51. The molecule has 0 unspecified atom stereocenters. The number of hydrogen-bond acceptors (Lipinski definition) is 4. The third-order valence-electron chi connectivity index (χ3n) is 4.51. The van der Waals surface area contributed by atoms with Crippen LogP contribution in [0.25, 0.3) is 11.0 Å². The average molecular weight is 379 g/mol. The second-order valence-electron chi connectivity index (χ2n) is 7.79. The van der Waals surface area contributed by atoms with Crippen molar-refractivity contribution in [2.24, 2.45) is 0 Å². The number of benzene rings is 2. The summed E-state index contributed by atoms with van der Waals surface area (Å²) in [6.45, 7) is 8.25. The fraction of sp³-hybridized carbons (Fsp3) is 0.304. The Morgan fingerprint density at radius 3 is 2.43 bits per heavy atom. The van der Waals surface area contributed by atoms with E-state index in [4.69, 9.17) is 9.15 Å². The first-order valence-corrected chi connectivity index (χ1v) is 9.30. The van der Waals surface area contributed by atoms with E-state index in [1.165, 1.54) is 6.07 Å². The van der Waals surface area contributed by atoms with E-state index >= 15 is 0 Å². The third kappa shape index (κ3) is 4.60. The van der Waals surface area contributed by atoms with Crippen LogP contribution in [0.15, 0.2) is 69.9 Å². The highest BCUT2D eigenvalue weighted by Gasteiger charge is 2.31. The Balaban J connectivity index is 1.80. The molecule has 0 aliphatic heterocycles. The molecule has 0 aliphatic carbocycles. The SMILES string of the molecule is C[C@@H](Oc1ccc2ccc(=O)oc2c1)C(=O)N(Cc1ccccc1)C(C)(C)C. The van der Waals surface area contributed by atoms with Gasteiger partial charge in [0, 0.05) is 29.6 Å². The fourth-order valence-electron chi connectivity index (χ4n) is 3.00. The lowest BCUT2D eigenvalue weighted by Crippen LogP contribution is -2.50. The molecule has 0 fully saturated rings. The number of ether oxygens (including phenoxy) is 1. The zero-order chi connectivity index (χ0) is 20.3. The summed E-state index contributed by atoms with van der Waals surface area (Å²) in [5, 5.41) is 0.798. The standard InChI is InChI=1S/C23H25NO4/c1-16(27-19-12-10-18-11-13-21(25)28-20(18)14-19)22(26)24(23(2,3)4)15-17-8-6-5-7-9-17/h5-14,16H,15H2,1-4H3/t16-/m1/s1. The lowest BCUT2D eigenvalue weighted by Gasteiger charge is -2.37. The highest BCUT2D eigenvalue weighted by atomic mass is 16.5. The molecule has 146 valence electrons. The fourth-order valence-corrected chi connectivity index (χ4v) is 3.00. The van der Waals surface area contributed by atoms with Gasteiger partial charge in [-0.15, -0.1) is 0 Å². The minimum Gasteiger partial charge on any atom is -0.481 e. The van der Waals surface area contributed by atoms with Gasteiger partial charge in [0.25, 0.3) is 5.91 Å². The molecule has 5 nitrogen and oxygen atoms in total. The number of hydrogen-bond donors (Lipinski definition) is 0. The van der Waals surface area contributed by atoms with Crippen molar-refractivity contribution in [2.45, 2.75) is 45.9 Å². The van der Waals surface area contributed by atoms with Gasteiger partial charge in [-0.1, -0.05) is 30.3 Å². The Hall–Kier alpha value is -3.08. The predicted octanol–water partition coefficient (Wildman–Crippen LogP) is 4.39. The second-order valence-corrected chi connectivity index (χ2v) is 7.79. The van der Waals surface area contributed by atoms with Crippen LogP contribution in [0.4, 0.5) is 0 Å². The van der Waals surface area contributed by atoms with E-state index in [1.54, 1.807) is 31.2 Å². The van der Waals surface area contributed by atoms with Gasteiger partial charge in [0.05, 0.1) is 0 Å². The summed E-state index contributed by atoms with van der Waals surface area (Å²) in [5.74, 6) is 0.377. The second kappa shape index (κ2) is 7.89. The van der Waals surface area contributed by atoms with Crippen LogP contribution in [0.1, 0.15) is 33.3 Å². The van der Waals surface area contributed by atoms with Crippen LogP contribution >= 0.6 is 0 Å². The molecule has 2 aromatic carbocycles. The monoisotopic (exact) mass is 379 g/mol. The van der Waals surface area contributed by atoms with Gasteiger partial charge in [0.2, 0.25) is 0 Å². The molecule has 3 rings (SSSR count). The Morgan fingerprint density at radius 1 is 1.07 bits per heavy atom. The lowest BCUT2D eigenvalue weighted by atomic mass is 10.0. The van der Waals surface area contributed by atoms with Gasteiger partial charge in [-0.05, 0) is 51.5 Å². The van der Waals surface area contributed by atoms with E-state index in [0.717, 1.165) is 10.9 Å². The number of amides is 1. The molecule has 0 saturated heterocycles. The first-order chi connectivity index (χ1) is 13.2. The zero-order valence-corrected chi connectivity index (χ0v) is 16.6. The molecule has 3 aromatic rings. The van der Waals surface area contributed by atoms with Crippen LogP contribution < -0.4 is 10.4 Å². The van der Waals surface area contributed by atoms with E-state index in [9.17, 15) is 9.59 Å². The first kappa shape index (κ1) is 19.7. The summed E-state index contributed by atoms with van der Waals surface area (Å²) >= 11 is 0. The maximum Gasteiger partial charge on any atom is 0.336 e. The highest BCUT2D eigenvalue weighted by molar-refractivity contribution is 5.82. The van der Waals surface area contributed by atoms with Crippen molar-refractivity contribution in [2.75, 3.05) is 0 Å². The van der Waals surface area contributed by atoms with Crippen molar-refractivity contribution >= 4 is 16.9 Å². The van der Waals surface area contributed by atoms with Crippen LogP contribution in [0.2, 0.25) is 0 Å². The molecular weight excluding hydrogens is 354 g/mol. The maximum atomic E-state index is 13.1. The molecule has 1 atom stereocenters. The van der Waals surface area contributed by atoms with E-state index in [-0.39, 0.29) is 11.4 Å². The van der Waals surface area contributed by atoms with Gasteiger partial charge in [0.15, 0.2) is 6.10 Å². The number of carbonyl (C=O) groups is 1. The summed E-state index contributed by atoms with van der Waals surface area (Å²) in [6.07, 6.45) is -0.684. The average Bonchev–Trinajstić information content (AvgIpc) is 2.65. The number of rotatable bonds is 5. The van der Waals surface area contributed by atoms with Crippen molar-refractivity contribution in [1.82, 2.24) is 4.90 Å². The van der Waals surface area contributed by atoms with Crippen LogP contribution in [0.5, 0.6) is 5.75 Å². The minimum atomic E-state index is -0.684. The molecule has 1 heterocycles. The molecule has 0 saturated carbocycles. The molecule has 1 amide bonds. The Bertz CT molecular complexity index is 1020. The molecular formula is C23H25NO4. The zero-order valence-electron chi connectivity index (χ0n) is 16.6. The van der Waals surface area contributed by atoms with Crippen LogP contribution in [0.3, 0.4) is 0 Å². The van der Waals surface area contributed by atoms with E-state index in [2.05, 4.69) is 0 Å². The van der Waals surface area contributed by atoms with Crippen molar-refractivity contribution < 1.29 is 13.9 Å². The van der Waals surface area contributed by atoms with Gasteiger partial charge in [0.1, 0.15) is 11.3 Å². The quantitative estimate of drug-likeness (QED) is 0.617. The topological polar surface area (TPSA) is 59.8 Å². The smallest absolute Gasteiger partial charge is 0.336 e. The Labute approximate surface area is 164 Å². The van der Waals surface area contributed by atoms with Crippen molar-refractivity contribution in [3.63, 3.8) is 0 Å². The summed E-state index contributed by atoms with van der Waals surface area (Å²) in [7, 11) is 0. The minimum absolute atomic E-state index is 0.106.